The van der Waals surface area contributed by atoms with Gasteiger partial charge in [0.25, 0.3) is 0 Å². The van der Waals surface area contributed by atoms with Crippen LogP contribution in [0, 0.1) is 11.8 Å². The summed E-state index contributed by atoms with van der Waals surface area (Å²) < 4.78 is 44.7. The molecule has 0 amide bonds. The fraction of sp³-hybridized carbons (Fsp3) is 0.571. The van der Waals surface area contributed by atoms with Crippen LogP contribution in [0.15, 0.2) is 47.8 Å². The van der Waals surface area contributed by atoms with Crippen molar-refractivity contribution in [3.63, 3.8) is 0 Å². The highest BCUT2D eigenvalue weighted by Crippen LogP contribution is 2.44. The molecular weight excluding hydrogens is 535 g/mol. The van der Waals surface area contributed by atoms with Gasteiger partial charge in [-0.15, -0.1) is 11.3 Å². The molecule has 0 radical (unpaired) electrons. The average molecular weight is 570 g/mol. The number of carboxylic acid groups (broad SMARTS) is 1. The lowest BCUT2D eigenvalue weighted by atomic mass is 9.82. The van der Waals surface area contributed by atoms with E-state index in [1.54, 1.807) is 0 Å². The molecule has 0 unspecified atom stereocenters. The molecule has 39 heavy (non-hydrogen) atoms. The Balaban J connectivity index is 0.000000448. The second-order valence-corrected chi connectivity index (χ2v) is 11.6. The predicted molar refractivity (Wildman–Crippen MR) is 136 cm³/mol. The minimum absolute atomic E-state index is 0.0443. The van der Waals surface area contributed by atoms with Gasteiger partial charge in [-0.3, -0.25) is 0 Å². The number of rotatable bonds is 8. The maximum atomic E-state index is 13.5. The average Bonchev–Trinajstić information content (AvgIpc) is 3.65. The highest BCUT2D eigenvalue weighted by molar-refractivity contribution is 7.10. The first-order valence-electron chi connectivity index (χ1n) is 13.3. The van der Waals surface area contributed by atoms with Gasteiger partial charge in [-0.25, -0.2) is 4.79 Å². The number of benzene rings is 1. The summed E-state index contributed by atoms with van der Waals surface area (Å²) >= 11 is 1.46. The molecule has 0 spiro atoms. The highest BCUT2D eigenvalue weighted by Gasteiger charge is 2.53. The zero-order chi connectivity index (χ0) is 28.1. The molecule has 1 aromatic carbocycles. The fourth-order valence-electron chi connectivity index (χ4n) is 6.08. The summed E-state index contributed by atoms with van der Waals surface area (Å²) in [6.45, 7) is 4.66. The molecule has 3 saturated heterocycles. The number of hydrogen-bond donors (Lipinski definition) is 1. The molecule has 3 aliphatic heterocycles. The van der Waals surface area contributed by atoms with Gasteiger partial charge in [0, 0.05) is 29.6 Å². The molecule has 2 aromatic rings. The Bertz CT molecular complexity index is 1080. The Morgan fingerprint density at radius 3 is 2.23 bits per heavy atom. The van der Waals surface area contributed by atoms with E-state index in [0.29, 0.717) is 12.5 Å². The van der Waals surface area contributed by atoms with Gasteiger partial charge in [0.1, 0.15) is 31.4 Å². The van der Waals surface area contributed by atoms with Gasteiger partial charge >= 0.3 is 12.1 Å². The molecule has 4 heterocycles. The number of carboxylic acids is 1. The number of halogens is 3. The number of piperidine rings is 3. The number of quaternary nitrogens is 1. The lowest BCUT2D eigenvalue weighted by molar-refractivity contribution is -0.946. The highest BCUT2D eigenvalue weighted by atomic mass is 32.1. The third-order valence-electron chi connectivity index (χ3n) is 8.26. The minimum atomic E-state index is -5.19. The van der Waals surface area contributed by atoms with Crippen molar-refractivity contribution in [2.24, 2.45) is 11.8 Å². The van der Waals surface area contributed by atoms with Crippen molar-refractivity contribution in [1.29, 1.82) is 0 Å². The predicted octanol–water partition coefficient (Wildman–Crippen LogP) is 3.66. The first-order chi connectivity index (χ1) is 18.5. The van der Waals surface area contributed by atoms with Gasteiger partial charge in [0.05, 0.1) is 13.1 Å². The molecule has 1 aliphatic carbocycles. The second kappa shape index (κ2) is 12.3. The standard InChI is InChI=1S/C26H34NO4S.C2HF3O2/c28-25(26(29,21-7-4-5-8-21)24-11-6-18-32-24)31-23-19-27(14-12-20(23)13-15-27)16-17-30-22-9-2-1-3-10-22;3-2(4,5)1(6)7/h1-3,6,9-11,18,20-21,23,29H,4-5,7-8,12-17,19H2;(H,6,7)/q+1;/p-1/t20?,23-,26-,27?;/m0./s1. The van der Waals surface area contributed by atoms with E-state index in [0.717, 1.165) is 79.8 Å². The van der Waals surface area contributed by atoms with Crippen LogP contribution in [0.4, 0.5) is 13.2 Å². The van der Waals surface area contributed by atoms with Crippen LogP contribution in [0.3, 0.4) is 0 Å². The van der Waals surface area contributed by atoms with Gasteiger partial charge in [0.15, 0.2) is 11.7 Å². The van der Waals surface area contributed by atoms with Crippen LogP contribution in [0.25, 0.3) is 0 Å². The largest absolute Gasteiger partial charge is 0.542 e. The summed E-state index contributed by atoms with van der Waals surface area (Å²) in [5, 5.41) is 22.4. The van der Waals surface area contributed by atoms with Gasteiger partial charge < -0.3 is 29.0 Å². The lowest BCUT2D eigenvalue weighted by Crippen LogP contribution is -2.65. The maximum absolute atomic E-state index is 13.5. The zero-order valence-corrected chi connectivity index (χ0v) is 22.4. The molecule has 1 saturated carbocycles. The van der Waals surface area contributed by atoms with Crippen LogP contribution in [0.5, 0.6) is 5.75 Å². The SMILES string of the molecule is O=C(O[C@H]1C[N+]2(CCOc3ccccc3)CCC1CC2)[C@@](O)(c1cccs1)C1CCCC1.O=C([O-])C(F)(F)F. The monoisotopic (exact) mass is 569 g/mol. The number of esters is 1. The Morgan fingerprint density at radius 1 is 1.03 bits per heavy atom. The first-order valence-corrected chi connectivity index (χ1v) is 14.2. The Labute approximate surface area is 229 Å². The van der Waals surface area contributed by atoms with E-state index in [1.165, 1.54) is 11.3 Å². The van der Waals surface area contributed by atoms with Crippen LogP contribution >= 0.6 is 11.3 Å². The van der Waals surface area contributed by atoms with E-state index in [-0.39, 0.29) is 12.0 Å². The van der Waals surface area contributed by atoms with E-state index >= 15 is 0 Å². The number of aliphatic carboxylic acids is 1. The molecule has 11 heteroatoms. The second-order valence-electron chi connectivity index (χ2n) is 10.6. The van der Waals surface area contributed by atoms with Crippen molar-refractivity contribution < 1.29 is 46.9 Å². The summed E-state index contributed by atoms with van der Waals surface area (Å²) in [5.74, 6) is -2.17. The molecule has 214 valence electrons. The number of alkyl halides is 3. The van der Waals surface area contributed by atoms with E-state index < -0.39 is 23.7 Å². The van der Waals surface area contributed by atoms with Crippen molar-refractivity contribution in [1.82, 2.24) is 0 Å². The van der Waals surface area contributed by atoms with Gasteiger partial charge in [-0.2, -0.15) is 13.2 Å². The summed E-state index contributed by atoms with van der Waals surface area (Å²) in [5.41, 5.74) is -1.50. The number of nitrogens with zero attached hydrogens (tertiary/aromatic N) is 1. The van der Waals surface area contributed by atoms with Gasteiger partial charge in [0.2, 0.25) is 0 Å². The molecule has 2 bridgehead atoms. The van der Waals surface area contributed by atoms with Crippen molar-refractivity contribution >= 4 is 23.3 Å². The number of carbonyl (C=O) groups excluding carboxylic acids is 2. The van der Waals surface area contributed by atoms with E-state index in [2.05, 4.69) is 0 Å². The molecule has 4 aliphatic rings. The lowest BCUT2D eigenvalue weighted by Gasteiger charge is -2.52. The Hall–Kier alpha value is -2.63. The van der Waals surface area contributed by atoms with Crippen LogP contribution in [0.1, 0.15) is 43.4 Å². The number of hydrogen-bond acceptors (Lipinski definition) is 7. The van der Waals surface area contributed by atoms with Crippen molar-refractivity contribution in [3.05, 3.63) is 52.7 Å². The Kier molecular flexibility index (Phi) is 9.23. The van der Waals surface area contributed by atoms with Crippen LogP contribution < -0.4 is 9.84 Å². The summed E-state index contributed by atoms with van der Waals surface area (Å²) in [7, 11) is 0. The van der Waals surface area contributed by atoms with E-state index in [9.17, 15) is 23.1 Å². The normalized spacial score (nSPS) is 26.3. The smallest absolute Gasteiger partial charge is 0.430 e. The molecule has 4 fully saturated rings. The van der Waals surface area contributed by atoms with E-state index in [1.807, 2.05) is 47.8 Å². The van der Waals surface area contributed by atoms with Crippen LogP contribution in [-0.4, -0.2) is 66.6 Å². The molecule has 2 atom stereocenters. The van der Waals surface area contributed by atoms with Crippen molar-refractivity contribution in [3.8, 4) is 5.75 Å². The molecule has 6 rings (SSSR count). The quantitative estimate of drug-likeness (QED) is 0.385. The first kappa shape index (κ1) is 29.4. The number of fused-ring (bicyclic) bond motifs is 3. The van der Waals surface area contributed by atoms with E-state index in [4.69, 9.17) is 19.4 Å². The van der Waals surface area contributed by atoms with Gasteiger partial charge in [-0.1, -0.05) is 37.1 Å². The molecule has 1 aromatic heterocycles. The minimum Gasteiger partial charge on any atom is -0.542 e. The van der Waals surface area contributed by atoms with Crippen molar-refractivity contribution in [2.45, 2.75) is 56.4 Å². The zero-order valence-electron chi connectivity index (χ0n) is 21.6. The van der Waals surface area contributed by atoms with Gasteiger partial charge in [-0.05, 0) is 36.4 Å². The Morgan fingerprint density at radius 2 is 1.67 bits per heavy atom. The number of ether oxygens (including phenoxy) is 2. The molecule has 7 nitrogen and oxygen atoms in total. The third kappa shape index (κ3) is 6.93. The summed E-state index contributed by atoms with van der Waals surface area (Å²) in [6, 6.07) is 13.7. The topological polar surface area (TPSA) is 95.9 Å². The molecular formula is C28H34F3NO6S. The summed E-state index contributed by atoms with van der Waals surface area (Å²) in [4.78, 5) is 23.0. The maximum Gasteiger partial charge on any atom is 0.430 e. The molecule has 1 N–H and O–H groups in total. The number of thiophene rings is 1. The summed E-state index contributed by atoms with van der Waals surface area (Å²) in [6.07, 6.45) is 0.740. The fourth-order valence-corrected chi connectivity index (χ4v) is 6.97. The van der Waals surface area contributed by atoms with Crippen LogP contribution in [0.2, 0.25) is 0 Å². The third-order valence-corrected chi connectivity index (χ3v) is 9.26. The number of carbonyl (C=O) groups is 2. The number of aliphatic hydroxyl groups is 1. The van der Waals surface area contributed by atoms with Crippen molar-refractivity contribution in [2.75, 3.05) is 32.8 Å². The van der Waals surface area contributed by atoms with Crippen LogP contribution in [-0.2, 0) is 19.9 Å². The number of para-hydroxylation sites is 1.